The number of hydrogen-bond donors (Lipinski definition) is 1. The van der Waals surface area contributed by atoms with Crippen molar-refractivity contribution in [2.45, 2.75) is 19.3 Å². The quantitative estimate of drug-likeness (QED) is 0.496. The van der Waals surface area contributed by atoms with E-state index in [2.05, 4.69) is 31.6 Å². The van der Waals surface area contributed by atoms with Gasteiger partial charge >= 0.3 is 0 Å². The van der Waals surface area contributed by atoms with Crippen LogP contribution in [-0.4, -0.2) is 41.1 Å². The maximum atomic E-state index is 12.9. The van der Waals surface area contributed by atoms with E-state index < -0.39 is 0 Å². The minimum Gasteiger partial charge on any atom is -0.318 e. The molecule has 0 aliphatic heterocycles. The van der Waals surface area contributed by atoms with E-state index in [1.807, 2.05) is 49.0 Å². The normalized spacial score (nSPS) is 15.1. The van der Waals surface area contributed by atoms with E-state index in [4.69, 9.17) is 0 Å². The fourth-order valence-corrected chi connectivity index (χ4v) is 4.68. The molecule has 31 heavy (non-hydrogen) atoms. The van der Waals surface area contributed by atoms with E-state index in [0.717, 1.165) is 23.5 Å². The first kappa shape index (κ1) is 19.7. The van der Waals surface area contributed by atoms with Crippen LogP contribution in [0.4, 0.5) is 5.69 Å². The van der Waals surface area contributed by atoms with Gasteiger partial charge in [-0.15, -0.1) is 11.3 Å². The maximum absolute atomic E-state index is 12.9. The Labute approximate surface area is 187 Å². The van der Waals surface area contributed by atoms with Crippen LogP contribution < -0.4 is 5.32 Å². The monoisotopic (exact) mass is 449 g/mol. The smallest absolute Gasteiger partial charge is 0.276 e. The van der Waals surface area contributed by atoms with Crippen LogP contribution in [0.3, 0.4) is 0 Å². The van der Waals surface area contributed by atoms with Gasteiger partial charge in [0, 0.05) is 22.7 Å². The van der Waals surface area contributed by atoms with Crippen molar-refractivity contribution in [1.82, 2.24) is 28.9 Å². The molecule has 8 nitrogen and oxygen atoms in total. The summed E-state index contributed by atoms with van der Waals surface area (Å²) in [5, 5.41) is 11.7. The summed E-state index contributed by atoms with van der Waals surface area (Å²) in [6.07, 6.45) is 10.3. The second-order valence-electron chi connectivity index (χ2n) is 7.10. The second kappa shape index (κ2) is 8.12. The average Bonchev–Trinajstić information content (AvgIpc) is 3.52. The lowest BCUT2D eigenvalue weighted by Gasteiger charge is -2.17. The molecule has 0 radical (unpaired) electrons. The van der Waals surface area contributed by atoms with E-state index in [1.54, 1.807) is 32.5 Å². The number of nitrogens with one attached hydrogen (secondary N) is 1. The van der Waals surface area contributed by atoms with Gasteiger partial charge in [0.2, 0.25) is 0 Å². The number of hydrogen-bond acceptors (Lipinski definition) is 7. The van der Waals surface area contributed by atoms with Crippen LogP contribution in [0.2, 0.25) is 0 Å². The van der Waals surface area contributed by atoms with Gasteiger partial charge in [0.05, 0.1) is 35.0 Å². The fourth-order valence-electron chi connectivity index (χ4n) is 3.51. The summed E-state index contributed by atoms with van der Waals surface area (Å²) in [6, 6.07) is 7.63. The summed E-state index contributed by atoms with van der Waals surface area (Å²) in [5.74, 6) is 0.475. The van der Waals surface area contributed by atoms with Gasteiger partial charge in [0.25, 0.3) is 5.91 Å². The van der Waals surface area contributed by atoms with Crippen molar-refractivity contribution in [2.24, 2.45) is 0 Å². The van der Waals surface area contributed by atoms with Gasteiger partial charge in [-0.3, -0.25) is 4.79 Å². The summed E-state index contributed by atoms with van der Waals surface area (Å²) in [6.45, 7) is 1.94. The van der Waals surface area contributed by atoms with Crippen molar-refractivity contribution in [3.63, 3.8) is 0 Å². The third-order valence-electron chi connectivity index (χ3n) is 5.01. The number of carbonyl (C=O) groups is 1. The van der Waals surface area contributed by atoms with E-state index in [1.165, 1.54) is 16.8 Å². The Morgan fingerprint density at radius 2 is 2.26 bits per heavy atom. The number of pyridine rings is 1. The van der Waals surface area contributed by atoms with Crippen molar-refractivity contribution >= 4 is 41.0 Å². The molecule has 4 aromatic rings. The Kier molecular flexibility index (Phi) is 5.16. The maximum Gasteiger partial charge on any atom is 0.276 e. The van der Waals surface area contributed by atoms with E-state index in [9.17, 15) is 4.79 Å². The number of carbonyl (C=O) groups excluding carboxylic acids is 1. The topological polar surface area (TPSA) is 90.5 Å². The van der Waals surface area contributed by atoms with E-state index in [0.29, 0.717) is 17.2 Å². The Hall–Kier alpha value is -3.24. The van der Waals surface area contributed by atoms with Crippen molar-refractivity contribution in [3.05, 3.63) is 75.9 Å². The minimum absolute atomic E-state index is 0.0727. The Bertz CT molecular complexity index is 1290. The predicted octanol–water partition coefficient (Wildman–Crippen LogP) is 3.96. The molecule has 0 fully saturated rings. The molecule has 4 heterocycles. The lowest BCUT2D eigenvalue weighted by molar-refractivity contribution is 0.102. The summed E-state index contributed by atoms with van der Waals surface area (Å²) in [7, 11) is 0. The van der Waals surface area contributed by atoms with Gasteiger partial charge in [-0.2, -0.15) is 10.2 Å². The standard InChI is InChI=1S/C21H19N7OS2/c1-13-4-3-5-20(24-13)28-18(14-6-7-16-19(8-14)31-12-22-16)9-17(26-28)21(29)25-15-10-23-27(11-15)30-2/h3-7,9-12,14H,8H2,1-2H3,(H,25,29). The molecule has 1 aliphatic rings. The highest BCUT2D eigenvalue weighted by Gasteiger charge is 2.25. The summed E-state index contributed by atoms with van der Waals surface area (Å²) in [4.78, 5) is 23.2. The van der Waals surface area contributed by atoms with Crippen LogP contribution in [0.5, 0.6) is 0 Å². The SMILES string of the molecule is CSn1cc(NC(=O)c2cc(C3C=Cc4ncsc4C3)n(-c3cccc(C)n3)n2)cn1. The molecule has 1 aliphatic carbocycles. The third kappa shape index (κ3) is 3.91. The zero-order valence-electron chi connectivity index (χ0n) is 16.9. The number of aryl methyl sites for hydroxylation is 1. The van der Waals surface area contributed by atoms with Crippen molar-refractivity contribution < 1.29 is 4.79 Å². The highest BCUT2D eigenvalue weighted by molar-refractivity contribution is 7.97. The lowest BCUT2D eigenvalue weighted by atomic mass is 9.94. The summed E-state index contributed by atoms with van der Waals surface area (Å²) < 4.78 is 3.45. The zero-order valence-corrected chi connectivity index (χ0v) is 18.5. The third-order valence-corrected chi connectivity index (χ3v) is 6.45. The molecule has 5 rings (SSSR count). The molecule has 4 aromatic heterocycles. The number of aromatic nitrogens is 6. The Balaban J connectivity index is 1.51. The van der Waals surface area contributed by atoms with Crippen LogP contribution >= 0.6 is 23.3 Å². The molecule has 0 spiro atoms. The number of nitrogens with zero attached hydrogens (tertiary/aromatic N) is 6. The lowest BCUT2D eigenvalue weighted by Crippen LogP contribution is -2.13. The van der Waals surface area contributed by atoms with Crippen molar-refractivity contribution in [2.75, 3.05) is 11.6 Å². The first-order valence-electron chi connectivity index (χ1n) is 9.66. The minimum atomic E-state index is -0.286. The van der Waals surface area contributed by atoms with Crippen LogP contribution in [0, 0.1) is 6.92 Å². The Morgan fingerprint density at radius 3 is 3.06 bits per heavy atom. The molecule has 0 aromatic carbocycles. The molecule has 156 valence electrons. The van der Waals surface area contributed by atoms with Gasteiger partial charge < -0.3 is 5.32 Å². The molecular weight excluding hydrogens is 430 g/mol. The first-order chi connectivity index (χ1) is 15.1. The average molecular weight is 450 g/mol. The van der Waals surface area contributed by atoms with Gasteiger partial charge in [-0.25, -0.2) is 18.7 Å². The van der Waals surface area contributed by atoms with Crippen LogP contribution in [0.1, 0.15) is 38.4 Å². The largest absolute Gasteiger partial charge is 0.318 e. The first-order valence-corrected chi connectivity index (χ1v) is 11.7. The molecule has 10 heteroatoms. The van der Waals surface area contributed by atoms with Gasteiger partial charge in [0.1, 0.15) is 0 Å². The molecular formula is C21H19N7OS2. The van der Waals surface area contributed by atoms with Crippen LogP contribution in [0.25, 0.3) is 11.9 Å². The number of amides is 1. The van der Waals surface area contributed by atoms with E-state index >= 15 is 0 Å². The molecule has 1 amide bonds. The van der Waals surface area contributed by atoms with Gasteiger partial charge in [-0.05, 0) is 49.6 Å². The van der Waals surface area contributed by atoms with Gasteiger partial charge in [0.15, 0.2) is 11.5 Å². The van der Waals surface area contributed by atoms with Crippen LogP contribution in [0.15, 0.2) is 48.2 Å². The van der Waals surface area contributed by atoms with Crippen molar-refractivity contribution in [3.8, 4) is 5.82 Å². The second-order valence-corrected chi connectivity index (χ2v) is 8.78. The zero-order chi connectivity index (χ0) is 21.4. The number of thiazole rings is 1. The molecule has 0 bridgehead atoms. The number of allylic oxidation sites excluding steroid dienone is 1. The number of anilines is 1. The number of fused-ring (bicyclic) bond motifs is 1. The predicted molar refractivity (Wildman–Crippen MR) is 123 cm³/mol. The molecule has 1 atom stereocenters. The van der Waals surface area contributed by atoms with Gasteiger partial charge in [-0.1, -0.05) is 12.1 Å². The Morgan fingerprint density at radius 1 is 1.35 bits per heavy atom. The highest BCUT2D eigenvalue weighted by Crippen LogP contribution is 2.33. The van der Waals surface area contributed by atoms with Crippen LogP contribution in [-0.2, 0) is 6.42 Å². The van der Waals surface area contributed by atoms with E-state index in [-0.39, 0.29) is 11.8 Å². The molecule has 0 saturated carbocycles. The molecule has 1 unspecified atom stereocenters. The number of rotatable bonds is 5. The fraction of sp³-hybridized carbons (Fsp3) is 0.190. The molecule has 0 saturated heterocycles. The molecule has 1 N–H and O–H groups in total. The highest BCUT2D eigenvalue weighted by atomic mass is 32.2. The summed E-state index contributed by atoms with van der Waals surface area (Å²) >= 11 is 3.10. The van der Waals surface area contributed by atoms with Crippen molar-refractivity contribution in [1.29, 1.82) is 0 Å². The summed E-state index contributed by atoms with van der Waals surface area (Å²) in [5.41, 5.74) is 5.64.